The first kappa shape index (κ1) is 12.7. The van der Waals surface area contributed by atoms with Crippen LogP contribution in [-0.2, 0) is 9.05 Å². The molecule has 0 fully saturated rings. The number of alkyl halides is 2. The van der Waals surface area contributed by atoms with Crippen molar-refractivity contribution in [3.8, 4) is 6.07 Å². The zero-order chi connectivity index (χ0) is 12.5. The van der Waals surface area contributed by atoms with E-state index in [1.165, 1.54) is 6.07 Å². The minimum absolute atomic E-state index is 0.418. The van der Waals surface area contributed by atoms with Gasteiger partial charge < -0.3 is 0 Å². The highest BCUT2D eigenvalue weighted by Gasteiger charge is 2.28. The average Bonchev–Trinajstić information content (AvgIpc) is 2.14. The fourth-order valence-electron chi connectivity index (χ4n) is 0.967. The van der Waals surface area contributed by atoms with E-state index in [1.54, 1.807) is 0 Å². The zero-order valence-electron chi connectivity index (χ0n) is 7.29. The number of hydrogen-bond acceptors (Lipinski definition) is 4. The molecule has 9 heteroatoms. The Morgan fingerprint density at radius 3 is 2.44 bits per heavy atom. The monoisotopic (exact) mass is 270 g/mol. The molecule has 1 heterocycles. The lowest BCUT2D eigenvalue weighted by Gasteiger charge is -2.06. The topological polar surface area (TPSA) is 70.8 Å². The standard InChI is InChI=1S/C7H2ClF3N2O2S/c8-16(14,15)6-4(9)1-3(2-12)13-5(6)7(10)11/h1,7H. The molecule has 0 amide bonds. The van der Waals surface area contributed by atoms with Crippen molar-refractivity contribution in [2.45, 2.75) is 11.3 Å². The Morgan fingerprint density at radius 1 is 1.50 bits per heavy atom. The average molecular weight is 271 g/mol. The summed E-state index contributed by atoms with van der Waals surface area (Å²) in [5.41, 5.74) is -2.02. The third kappa shape index (κ3) is 2.43. The van der Waals surface area contributed by atoms with Gasteiger partial charge >= 0.3 is 0 Å². The second-order valence-electron chi connectivity index (χ2n) is 2.55. The zero-order valence-corrected chi connectivity index (χ0v) is 8.86. The first-order valence-electron chi connectivity index (χ1n) is 3.60. The van der Waals surface area contributed by atoms with Crippen molar-refractivity contribution in [2.24, 2.45) is 0 Å². The van der Waals surface area contributed by atoms with Gasteiger partial charge in [-0.3, -0.25) is 0 Å². The van der Waals surface area contributed by atoms with Gasteiger partial charge in [0.1, 0.15) is 28.2 Å². The predicted octanol–water partition coefficient (Wildman–Crippen LogP) is 1.96. The first-order chi connectivity index (χ1) is 7.27. The summed E-state index contributed by atoms with van der Waals surface area (Å²) in [5.74, 6) is -1.53. The van der Waals surface area contributed by atoms with E-state index in [9.17, 15) is 21.6 Å². The van der Waals surface area contributed by atoms with Crippen LogP contribution in [0.4, 0.5) is 13.2 Å². The van der Waals surface area contributed by atoms with Gasteiger partial charge in [0.05, 0.1) is 0 Å². The fraction of sp³-hybridized carbons (Fsp3) is 0.143. The quantitative estimate of drug-likeness (QED) is 0.770. The van der Waals surface area contributed by atoms with Crippen LogP contribution < -0.4 is 0 Å². The molecule has 0 aliphatic carbocycles. The molecule has 1 rings (SSSR count). The Morgan fingerprint density at radius 2 is 2.06 bits per heavy atom. The largest absolute Gasteiger partial charge is 0.281 e. The van der Waals surface area contributed by atoms with Crippen LogP contribution in [0.5, 0.6) is 0 Å². The van der Waals surface area contributed by atoms with Crippen molar-refractivity contribution >= 4 is 19.7 Å². The summed E-state index contributed by atoms with van der Waals surface area (Å²) >= 11 is 0. The normalized spacial score (nSPS) is 11.5. The second-order valence-corrected chi connectivity index (χ2v) is 5.06. The Labute approximate surface area is 92.7 Å². The summed E-state index contributed by atoms with van der Waals surface area (Å²) in [7, 11) is 0.0957. The van der Waals surface area contributed by atoms with Gasteiger partial charge in [0.25, 0.3) is 15.5 Å². The maximum Gasteiger partial charge on any atom is 0.281 e. The highest BCUT2D eigenvalue weighted by molar-refractivity contribution is 8.13. The van der Waals surface area contributed by atoms with E-state index in [0.29, 0.717) is 6.07 Å². The molecule has 0 radical (unpaired) electrons. The van der Waals surface area contributed by atoms with Crippen LogP contribution in [0.25, 0.3) is 0 Å². The Bertz CT molecular complexity index is 568. The van der Waals surface area contributed by atoms with E-state index < -0.39 is 37.6 Å². The Kier molecular flexibility index (Phi) is 3.40. The maximum atomic E-state index is 13.2. The summed E-state index contributed by atoms with van der Waals surface area (Å²) in [6.45, 7) is 0. The first-order valence-corrected chi connectivity index (χ1v) is 5.91. The number of aromatic nitrogens is 1. The molecule has 0 aliphatic rings. The summed E-state index contributed by atoms with van der Waals surface area (Å²) in [6.07, 6.45) is -3.36. The summed E-state index contributed by atoms with van der Waals surface area (Å²) in [4.78, 5) is 1.60. The third-order valence-electron chi connectivity index (χ3n) is 1.52. The van der Waals surface area contributed by atoms with Crippen LogP contribution in [0.1, 0.15) is 17.8 Å². The van der Waals surface area contributed by atoms with Crippen LogP contribution in [-0.4, -0.2) is 13.4 Å². The summed E-state index contributed by atoms with van der Waals surface area (Å²) < 4.78 is 59.6. The molecule has 86 valence electrons. The fourth-order valence-corrected chi connectivity index (χ4v) is 2.10. The molecule has 0 bridgehead atoms. The van der Waals surface area contributed by atoms with E-state index in [4.69, 9.17) is 15.9 Å². The highest BCUT2D eigenvalue weighted by Crippen LogP contribution is 2.29. The molecule has 0 spiro atoms. The molecule has 1 aromatic rings. The number of nitriles is 1. The van der Waals surface area contributed by atoms with Gasteiger partial charge in [-0.1, -0.05) is 0 Å². The minimum atomic E-state index is -4.69. The van der Waals surface area contributed by atoms with Crippen molar-refractivity contribution in [3.63, 3.8) is 0 Å². The minimum Gasteiger partial charge on any atom is -0.234 e. The van der Waals surface area contributed by atoms with E-state index in [1.807, 2.05) is 0 Å². The number of halogens is 4. The smallest absolute Gasteiger partial charge is 0.234 e. The molecule has 1 aromatic heterocycles. The molecule has 0 aromatic carbocycles. The van der Waals surface area contributed by atoms with E-state index in [-0.39, 0.29) is 0 Å². The lowest BCUT2D eigenvalue weighted by Crippen LogP contribution is -2.07. The predicted molar refractivity (Wildman–Crippen MR) is 46.9 cm³/mol. The van der Waals surface area contributed by atoms with E-state index in [2.05, 4.69) is 4.98 Å². The molecule has 4 nitrogen and oxygen atoms in total. The molecule has 0 saturated carbocycles. The van der Waals surface area contributed by atoms with Gasteiger partial charge in [-0.25, -0.2) is 26.6 Å². The van der Waals surface area contributed by atoms with Crippen LogP contribution in [0.2, 0.25) is 0 Å². The van der Waals surface area contributed by atoms with Crippen LogP contribution in [0.3, 0.4) is 0 Å². The Balaban J connectivity index is 3.68. The van der Waals surface area contributed by atoms with Crippen LogP contribution in [0, 0.1) is 17.1 Å². The van der Waals surface area contributed by atoms with Crippen molar-refractivity contribution in [2.75, 3.05) is 0 Å². The number of nitrogens with zero attached hydrogens (tertiary/aromatic N) is 2. The molecule has 0 aliphatic heterocycles. The SMILES string of the molecule is N#Cc1cc(F)c(S(=O)(=O)Cl)c(C(F)F)n1. The van der Waals surface area contributed by atoms with Crippen molar-refractivity contribution in [3.05, 3.63) is 23.3 Å². The molecular formula is C7H2ClF3N2O2S. The molecular weight excluding hydrogens is 269 g/mol. The van der Waals surface area contributed by atoms with Crippen molar-refractivity contribution in [1.82, 2.24) is 4.98 Å². The van der Waals surface area contributed by atoms with Gasteiger partial charge in [-0.15, -0.1) is 0 Å². The number of rotatable bonds is 2. The van der Waals surface area contributed by atoms with Gasteiger partial charge in [-0.2, -0.15) is 5.26 Å². The van der Waals surface area contributed by atoms with Crippen LogP contribution in [0.15, 0.2) is 11.0 Å². The van der Waals surface area contributed by atoms with E-state index in [0.717, 1.165) is 0 Å². The number of pyridine rings is 1. The van der Waals surface area contributed by atoms with E-state index >= 15 is 0 Å². The molecule has 0 N–H and O–H groups in total. The summed E-state index contributed by atoms with van der Waals surface area (Å²) in [6, 6.07) is 1.74. The molecule has 16 heavy (non-hydrogen) atoms. The van der Waals surface area contributed by atoms with Gasteiger partial charge in [0.2, 0.25) is 0 Å². The highest BCUT2D eigenvalue weighted by atomic mass is 35.7. The van der Waals surface area contributed by atoms with Gasteiger partial charge in [0, 0.05) is 16.7 Å². The Hall–Kier alpha value is -1.33. The third-order valence-corrected chi connectivity index (χ3v) is 2.87. The molecule has 0 saturated heterocycles. The van der Waals surface area contributed by atoms with Crippen molar-refractivity contribution < 1.29 is 21.6 Å². The molecule has 0 atom stereocenters. The van der Waals surface area contributed by atoms with Crippen molar-refractivity contribution in [1.29, 1.82) is 5.26 Å². The lowest BCUT2D eigenvalue weighted by molar-refractivity contribution is 0.141. The summed E-state index contributed by atoms with van der Waals surface area (Å²) in [5, 5.41) is 8.36. The second kappa shape index (κ2) is 4.27. The van der Waals surface area contributed by atoms with Gasteiger partial charge in [0.15, 0.2) is 0 Å². The lowest BCUT2D eigenvalue weighted by atomic mass is 10.3. The van der Waals surface area contributed by atoms with Crippen LogP contribution >= 0.6 is 10.7 Å². The number of hydrogen-bond donors (Lipinski definition) is 0. The maximum absolute atomic E-state index is 13.2. The van der Waals surface area contributed by atoms with Gasteiger partial charge in [-0.05, 0) is 0 Å². The molecule has 0 unspecified atom stereocenters.